The zero-order valence-electron chi connectivity index (χ0n) is 19.6. The molecule has 1 heterocycles. The fourth-order valence-electron chi connectivity index (χ4n) is 3.19. The number of sulfonamides is 1. The van der Waals surface area contributed by atoms with Crippen LogP contribution < -0.4 is 15.4 Å². The molecule has 182 valence electrons. The van der Waals surface area contributed by atoms with Gasteiger partial charge in [-0.1, -0.05) is 18.2 Å². The molecule has 0 radical (unpaired) electrons. The van der Waals surface area contributed by atoms with Gasteiger partial charge < -0.3 is 19.8 Å². The van der Waals surface area contributed by atoms with Crippen molar-refractivity contribution >= 4 is 38.7 Å². The second-order valence-corrected chi connectivity index (χ2v) is 10.6. The Morgan fingerprint density at radius 1 is 1.06 bits per heavy atom. The number of amides is 2. The summed E-state index contributed by atoms with van der Waals surface area (Å²) in [7, 11) is -3.84. The standard InChI is InChI=1S/C24H29N3O6S/c1-16-8-9-20-17(15-32-21(20)12-16)13-22(28)27-18-6-5-7-19(14-18)34(30,31)26-11-10-25-23(29)33-24(2,3)4/h5-9,12,14-15,26H,10-11,13H2,1-4H3,(H,25,29)(H,27,28). The molecule has 0 aliphatic carbocycles. The van der Waals surface area contributed by atoms with Crippen LogP contribution in [0.25, 0.3) is 11.0 Å². The Kier molecular flexibility index (Phi) is 7.63. The van der Waals surface area contributed by atoms with Crippen LogP contribution in [0.5, 0.6) is 0 Å². The molecule has 1 aromatic heterocycles. The Balaban J connectivity index is 1.56. The molecule has 3 rings (SSSR count). The number of nitrogens with one attached hydrogen (secondary N) is 3. The highest BCUT2D eigenvalue weighted by molar-refractivity contribution is 7.89. The zero-order chi connectivity index (χ0) is 24.9. The summed E-state index contributed by atoms with van der Waals surface area (Å²) in [5.74, 6) is -0.299. The van der Waals surface area contributed by atoms with Crippen molar-refractivity contribution in [2.75, 3.05) is 18.4 Å². The molecule has 0 saturated carbocycles. The summed E-state index contributed by atoms with van der Waals surface area (Å²) in [6.07, 6.45) is 1.01. The average molecular weight is 488 g/mol. The topological polar surface area (TPSA) is 127 Å². The minimum atomic E-state index is -3.84. The summed E-state index contributed by atoms with van der Waals surface area (Å²) < 4.78 is 38.2. The lowest BCUT2D eigenvalue weighted by Gasteiger charge is -2.19. The van der Waals surface area contributed by atoms with E-state index in [1.54, 1.807) is 39.2 Å². The SMILES string of the molecule is Cc1ccc2c(CC(=O)Nc3cccc(S(=O)(=O)NCCNC(=O)OC(C)(C)C)c3)coc2c1. The van der Waals surface area contributed by atoms with E-state index >= 15 is 0 Å². The number of carbonyl (C=O) groups is 2. The third kappa shape index (κ3) is 7.06. The maximum Gasteiger partial charge on any atom is 0.407 e. The van der Waals surface area contributed by atoms with E-state index in [0.29, 0.717) is 11.3 Å². The predicted octanol–water partition coefficient (Wildman–Crippen LogP) is 3.73. The molecule has 0 bridgehead atoms. The van der Waals surface area contributed by atoms with Crippen LogP contribution in [-0.4, -0.2) is 39.1 Å². The number of carbonyl (C=O) groups excluding carboxylic acids is 2. The molecule has 0 aliphatic rings. The summed E-state index contributed by atoms with van der Waals surface area (Å²) >= 11 is 0. The van der Waals surface area contributed by atoms with E-state index in [0.717, 1.165) is 16.5 Å². The quantitative estimate of drug-likeness (QED) is 0.416. The summed E-state index contributed by atoms with van der Waals surface area (Å²) in [6.45, 7) is 7.20. The number of benzene rings is 2. The Morgan fingerprint density at radius 3 is 2.56 bits per heavy atom. The number of hydrogen-bond donors (Lipinski definition) is 3. The molecule has 10 heteroatoms. The first-order valence-corrected chi connectivity index (χ1v) is 12.2. The van der Waals surface area contributed by atoms with E-state index < -0.39 is 21.7 Å². The van der Waals surface area contributed by atoms with Gasteiger partial charge >= 0.3 is 6.09 Å². The van der Waals surface area contributed by atoms with Gasteiger partial charge in [0.15, 0.2) is 0 Å². The van der Waals surface area contributed by atoms with Crippen molar-refractivity contribution in [3.8, 4) is 0 Å². The maximum atomic E-state index is 12.6. The van der Waals surface area contributed by atoms with Crippen LogP contribution >= 0.6 is 0 Å². The smallest absolute Gasteiger partial charge is 0.407 e. The molecular formula is C24H29N3O6S. The van der Waals surface area contributed by atoms with Crippen molar-refractivity contribution in [3.05, 3.63) is 59.9 Å². The molecule has 0 saturated heterocycles. The lowest BCUT2D eigenvalue weighted by atomic mass is 10.1. The Bertz CT molecular complexity index is 1290. The minimum Gasteiger partial charge on any atom is -0.464 e. The van der Waals surface area contributed by atoms with Gasteiger partial charge in [-0.2, -0.15) is 0 Å². The third-order valence-corrected chi connectivity index (χ3v) is 6.13. The van der Waals surface area contributed by atoms with Gasteiger partial charge in [-0.15, -0.1) is 0 Å². The number of hydrogen-bond acceptors (Lipinski definition) is 6. The van der Waals surface area contributed by atoms with Crippen LogP contribution in [0.1, 0.15) is 31.9 Å². The van der Waals surface area contributed by atoms with Crippen LogP contribution in [0.4, 0.5) is 10.5 Å². The first-order valence-electron chi connectivity index (χ1n) is 10.8. The lowest BCUT2D eigenvalue weighted by Crippen LogP contribution is -2.37. The molecular weight excluding hydrogens is 458 g/mol. The number of ether oxygens (including phenoxy) is 1. The highest BCUT2D eigenvalue weighted by atomic mass is 32.2. The Hall–Kier alpha value is -3.37. The number of aryl methyl sites for hydroxylation is 1. The molecule has 0 atom stereocenters. The molecule has 3 aromatic rings. The van der Waals surface area contributed by atoms with Crippen LogP contribution in [0.2, 0.25) is 0 Å². The van der Waals surface area contributed by atoms with Gasteiger partial charge in [-0.25, -0.2) is 17.9 Å². The van der Waals surface area contributed by atoms with Crippen molar-refractivity contribution in [2.24, 2.45) is 0 Å². The van der Waals surface area contributed by atoms with Crippen molar-refractivity contribution in [2.45, 2.75) is 44.6 Å². The van der Waals surface area contributed by atoms with Gasteiger partial charge in [0.1, 0.15) is 11.2 Å². The predicted molar refractivity (Wildman–Crippen MR) is 129 cm³/mol. The monoisotopic (exact) mass is 487 g/mol. The second kappa shape index (κ2) is 10.3. The second-order valence-electron chi connectivity index (χ2n) is 8.84. The van der Waals surface area contributed by atoms with E-state index in [-0.39, 0.29) is 30.3 Å². The normalized spacial score (nSPS) is 11.9. The summed E-state index contributed by atoms with van der Waals surface area (Å²) in [5.41, 5.74) is 2.23. The molecule has 0 spiro atoms. The van der Waals surface area contributed by atoms with E-state index in [1.807, 2.05) is 25.1 Å². The van der Waals surface area contributed by atoms with E-state index in [9.17, 15) is 18.0 Å². The van der Waals surface area contributed by atoms with Crippen LogP contribution in [0.3, 0.4) is 0 Å². The summed E-state index contributed by atoms with van der Waals surface area (Å²) in [5, 5.41) is 6.07. The summed E-state index contributed by atoms with van der Waals surface area (Å²) in [4.78, 5) is 24.2. The van der Waals surface area contributed by atoms with Crippen LogP contribution in [0.15, 0.2) is 58.0 Å². The molecule has 0 aliphatic heterocycles. The molecule has 3 N–H and O–H groups in total. The van der Waals surface area contributed by atoms with Crippen LogP contribution in [-0.2, 0) is 26.0 Å². The van der Waals surface area contributed by atoms with Crippen molar-refractivity contribution in [1.82, 2.24) is 10.0 Å². The van der Waals surface area contributed by atoms with E-state index in [1.165, 1.54) is 12.1 Å². The lowest BCUT2D eigenvalue weighted by molar-refractivity contribution is -0.115. The number of anilines is 1. The molecule has 2 amide bonds. The largest absolute Gasteiger partial charge is 0.464 e. The van der Waals surface area contributed by atoms with Gasteiger partial charge in [0.2, 0.25) is 15.9 Å². The Labute approximate surface area is 198 Å². The molecule has 34 heavy (non-hydrogen) atoms. The number of rotatable bonds is 8. The van der Waals surface area contributed by atoms with Crippen molar-refractivity contribution in [3.63, 3.8) is 0 Å². The molecule has 0 fully saturated rings. The van der Waals surface area contributed by atoms with Crippen molar-refractivity contribution in [1.29, 1.82) is 0 Å². The van der Waals surface area contributed by atoms with Crippen molar-refractivity contribution < 1.29 is 27.2 Å². The van der Waals surface area contributed by atoms with E-state index in [4.69, 9.17) is 9.15 Å². The average Bonchev–Trinajstić information content (AvgIpc) is 3.11. The van der Waals surface area contributed by atoms with Crippen LogP contribution in [0, 0.1) is 6.92 Å². The number of alkyl carbamates (subject to hydrolysis) is 1. The first kappa shape index (κ1) is 25.3. The molecule has 9 nitrogen and oxygen atoms in total. The van der Waals surface area contributed by atoms with Gasteiger partial charge in [0, 0.05) is 29.7 Å². The van der Waals surface area contributed by atoms with Gasteiger partial charge in [-0.3, -0.25) is 4.79 Å². The third-order valence-electron chi connectivity index (χ3n) is 4.68. The molecule has 2 aromatic carbocycles. The van der Waals surface area contributed by atoms with Gasteiger partial charge in [0.05, 0.1) is 17.6 Å². The van der Waals surface area contributed by atoms with E-state index in [2.05, 4.69) is 15.4 Å². The number of fused-ring (bicyclic) bond motifs is 1. The highest BCUT2D eigenvalue weighted by Crippen LogP contribution is 2.23. The fourth-order valence-corrected chi connectivity index (χ4v) is 4.27. The first-order chi connectivity index (χ1) is 15.9. The maximum absolute atomic E-state index is 12.6. The summed E-state index contributed by atoms with van der Waals surface area (Å²) in [6, 6.07) is 11.7. The van der Waals surface area contributed by atoms with Gasteiger partial charge in [0.25, 0.3) is 0 Å². The zero-order valence-corrected chi connectivity index (χ0v) is 20.4. The highest BCUT2D eigenvalue weighted by Gasteiger charge is 2.18. The fraction of sp³-hybridized carbons (Fsp3) is 0.333. The Morgan fingerprint density at radius 2 is 1.82 bits per heavy atom. The van der Waals surface area contributed by atoms with Gasteiger partial charge in [-0.05, 0) is 57.5 Å². The minimum absolute atomic E-state index is 0.00759. The molecule has 0 unspecified atom stereocenters. The number of furan rings is 1.